The molecule has 1 aromatic heterocycles. The van der Waals surface area contributed by atoms with Crippen LogP contribution in [0.4, 0.5) is 10.7 Å². The minimum atomic E-state index is -0.600. The van der Waals surface area contributed by atoms with Crippen LogP contribution in [0.15, 0.2) is 17.0 Å². The van der Waals surface area contributed by atoms with Gasteiger partial charge in [0.05, 0.1) is 6.20 Å². The number of primary amides is 1. The second kappa shape index (κ2) is 3.72. The molecule has 6 nitrogen and oxygen atoms in total. The van der Waals surface area contributed by atoms with Crippen molar-refractivity contribution < 1.29 is 9.21 Å². The third-order valence-corrected chi connectivity index (χ3v) is 1.30. The fourth-order valence-corrected chi connectivity index (χ4v) is 0.800. The summed E-state index contributed by atoms with van der Waals surface area (Å²) in [6, 6.07) is -0.600. The van der Waals surface area contributed by atoms with Crippen molar-refractivity contribution in [1.82, 2.24) is 4.98 Å². The van der Waals surface area contributed by atoms with Gasteiger partial charge < -0.3 is 15.9 Å². The molecule has 0 atom stereocenters. The summed E-state index contributed by atoms with van der Waals surface area (Å²) in [5.74, 6) is 0.313. The number of oxazole rings is 1. The monoisotopic (exact) mass is 170 g/mol. The summed E-state index contributed by atoms with van der Waals surface area (Å²) in [6.07, 6.45) is 2.63. The fraction of sp³-hybridized carbons (Fsp3) is 0.333. The zero-order valence-electron chi connectivity index (χ0n) is 6.43. The van der Waals surface area contributed by atoms with E-state index in [0.29, 0.717) is 19.0 Å². The molecule has 0 saturated heterocycles. The van der Waals surface area contributed by atoms with Crippen LogP contribution in [0.5, 0.6) is 0 Å². The molecule has 1 aromatic rings. The van der Waals surface area contributed by atoms with Crippen molar-refractivity contribution in [2.24, 2.45) is 11.5 Å². The molecule has 0 aliphatic rings. The van der Waals surface area contributed by atoms with Crippen LogP contribution in [0.1, 0.15) is 0 Å². The third-order valence-electron chi connectivity index (χ3n) is 1.30. The number of urea groups is 1. The molecule has 0 saturated carbocycles. The normalized spacial score (nSPS) is 9.75. The first kappa shape index (κ1) is 8.54. The van der Waals surface area contributed by atoms with E-state index in [9.17, 15) is 4.79 Å². The Hall–Kier alpha value is -1.56. The van der Waals surface area contributed by atoms with Crippen molar-refractivity contribution in [2.75, 3.05) is 18.0 Å². The molecule has 1 heterocycles. The van der Waals surface area contributed by atoms with Crippen LogP contribution in [-0.2, 0) is 0 Å². The van der Waals surface area contributed by atoms with Crippen LogP contribution in [-0.4, -0.2) is 24.1 Å². The molecule has 6 heteroatoms. The maximum Gasteiger partial charge on any atom is 0.321 e. The molecule has 12 heavy (non-hydrogen) atoms. The molecule has 0 fully saturated rings. The summed E-state index contributed by atoms with van der Waals surface area (Å²) < 4.78 is 4.87. The Morgan fingerprint density at radius 1 is 1.75 bits per heavy atom. The largest absolute Gasteiger partial charge is 0.427 e. The molecule has 0 aliphatic carbocycles. The van der Waals surface area contributed by atoms with Gasteiger partial charge in [-0.2, -0.15) is 0 Å². The molecule has 0 aliphatic heterocycles. The SMILES string of the molecule is NCCN(C(N)=O)c1cnco1. The van der Waals surface area contributed by atoms with Gasteiger partial charge in [0.2, 0.25) is 5.88 Å². The molecule has 4 N–H and O–H groups in total. The van der Waals surface area contributed by atoms with Crippen molar-refractivity contribution in [2.45, 2.75) is 0 Å². The second-order valence-corrected chi connectivity index (χ2v) is 2.12. The van der Waals surface area contributed by atoms with E-state index in [1.54, 1.807) is 0 Å². The van der Waals surface area contributed by atoms with E-state index in [-0.39, 0.29) is 0 Å². The van der Waals surface area contributed by atoms with Crippen LogP contribution < -0.4 is 16.4 Å². The predicted molar refractivity (Wildman–Crippen MR) is 42.5 cm³/mol. The highest BCUT2D eigenvalue weighted by molar-refractivity contribution is 5.88. The molecule has 0 radical (unpaired) electrons. The van der Waals surface area contributed by atoms with Gasteiger partial charge >= 0.3 is 6.03 Å². The van der Waals surface area contributed by atoms with Gasteiger partial charge in [-0.3, -0.25) is 4.90 Å². The summed E-state index contributed by atoms with van der Waals surface area (Å²) in [5.41, 5.74) is 10.3. The zero-order chi connectivity index (χ0) is 8.97. The van der Waals surface area contributed by atoms with Crippen LogP contribution in [0.2, 0.25) is 0 Å². The minimum absolute atomic E-state index is 0.313. The van der Waals surface area contributed by atoms with Gasteiger partial charge in [-0.25, -0.2) is 9.78 Å². The predicted octanol–water partition coefficient (Wildman–Crippen LogP) is -0.482. The first-order valence-electron chi connectivity index (χ1n) is 3.41. The van der Waals surface area contributed by atoms with E-state index in [4.69, 9.17) is 15.9 Å². The molecular weight excluding hydrogens is 160 g/mol. The molecular formula is C6H10N4O2. The van der Waals surface area contributed by atoms with Crippen LogP contribution in [0, 0.1) is 0 Å². The number of nitrogens with two attached hydrogens (primary N) is 2. The van der Waals surface area contributed by atoms with E-state index >= 15 is 0 Å². The summed E-state index contributed by atoms with van der Waals surface area (Å²) in [6.45, 7) is 0.647. The Morgan fingerprint density at radius 3 is 2.92 bits per heavy atom. The Kier molecular flexibility index (Phi) is 2.65. The Labute approximate surface area is 69.1 Å². The number of hydrogen-bond acceptors (Lipinski definition) is 4. The molecule has 0 bridgehead atoms. The molecule has 1 rings (SSSR count). The smallest absolute Gasteiger partial charge is 0.321 e. The average Bonchev–Trinajstić information content (AvgIpc) is 2.51. The summed E-state index contributed by atoms with van der Waals surface area (Å²) in [4.78, 5) is 15.7. The molecule has 66 valence electrons. The lowest BCUT2D eigenvalue weighted by Gasteiger charge is -2.14. The number of carbonyl (C=O) groups excluding carboxylic acids is 1. The Bertz CT molecular complexity index is 246. The van der Waals surface area contributed by atoms with Gasteiger partial charge in [0.15, 0.2) is 6.39 Å². The highest BCUT2D eigenvalue weighted by Gasteiger charge is 2.13. The topological polar surface area (TPSA) is 98.4 Å². The maximum atomic E-state index is 10.8. The fourth-order valence-electron chi connectivity index (χ4n) is 0.800. The number of hydrogen-bond donors (Lipinski definition) is 2. The van der Waals surface area contributed by atoms with Gasteiger partial charge in [0, 0.05) is 13.1 Å². The quantitative estimate of drug-likeness (QED) is 0.639. The molecule has 0 spiro atoms. The van der Waals surface area contributed by atoms with Gasteiger partial charge in [0.1, 0.15) is 0 Å². The Morgan fingerprint density at radius 2 is 2.50 bits per heavy atom. The van der Waals surface area contributed by atoms with E-state index < -0.39 is 6.03 Å². The number of rotatable bonds is 3. The lowest BCUT2D eigenvalue weighted by Crippen LogP contribution is -2.39. The molecule has 2 amide bonds. The van der Waals surface area contributed by atoms with E-state index in [2.05, 4.69) is 4.98 Å². The lowest BCUT2D eigenvalue weighted by atomic mass is 10.5. The van der Waals surface area contributed by atoms with Crippen LogP contribution in [0.3, 0.4) is 0 Å². The summed E-state index contributed by atoms with van der Waals surface area (Å²) in [7, 11) is 0. The third kappa shape index (κ3) is 1.73. The summed E-state index contributed by atoms with van der Waals surface area (Å²) in [5, 5.41) is 0. The van der Waals surface area contributed by atoms with Gasteiger partial charge in [-0.1, -0.05) is 0 Å². The highest BCUT2D eigenvalue weighted by atomic mass is 16.4. The number of nitrogens with zero attached hydrogens (tertiary/aromatic N) is 2. The van der Waals surface area contributed by atoms with Crippen LogP contribution in [0.25, 0.3) is 0 Å². The molecule has 0 aromatic carbocycles. The number of anilines is 1. The first-order valence-corrected chi connectivity index (χ1v) is 3.41. The van der Waals surface area contributed by atoms with Gasteiger partial charge in [0.25, 0.3) is 0 Å². The first-order chi connectivity index (χ1) is 5.75. The van der Waals surface area contributed by atoms with E-state index in [1.165, 1.54) is 17.5 Å². The molecule has 0 unspecified atom stereocenters. The van der Waals surface area contributed by atoms with Crippen molar-refractivity contribution in [1.29, 1.82) is 0 Å². The van der Waals surface area contributed by atoms with Crippen molar-refractivity contribution in [3.63, 3.8) is 0 Å². The highest BCUT2D eigenvalue weighted by Crippen LogP contribution is 2.10. The van der Waals surface area contributed by atoms with Crippen LogP contribution >= 0.6 is 0 Å². The standard InChI is InChI=1S/C6H10N4O2/c7-1-2-10(6(8)11)5-3-9-4-12-5/h3-4H,1-2,7H2,(H2,8,11). The summed E-state index contributed by atoms with van der Waals surface area (Å²) >= 11 is 0. The maximum absolute atomic E-state index is 10.8. The van der Waals surface area contributed by atoms with Gasteiger partial charge in [-0.05, 0) is 0 Å². The number of carbonyl (C=O) groups is 1. The number of amides is 2. The van der Waals surface area contributed by atoms with Crippen molar-refractivity contribution in [3.8, 4) is 0 Å². The number of aromatic nitrogens is 1. The second-order valence-electron chi connectivity index (χ2n) is 2.12. The van der Waals surface area contributed by atoms with E-state index in [0.717, 1.165) is 0 Å². The zero-order valence-corrected chi connectivity index (χ0v) is 6.43. The minimum Gasteiger partial charge on any atom is -0.427 e. The van der Waals surface area contributed by atoms with E-state index in [1.807, 2.05) is 0 Å². The lowest BCUT2D eigenvalue weighted by molar-refractivity contribution is 0.253. The Balaban J connectivity index is 2.73. The van der Waals surface area contributed by atoms with Crippen molar-refractivity contribution in [3.05, 3.63) is 12.6 Å². The van der Waals surface area contributed by atoms with Crippen molar-refractivity contribution >= 4 is 11.9 Å². The van der Waals surface area contributed by atoms with Gasteiger partial charge in [-0.15, -0.1) is 0 Å². The average molecular weight is 170 g/mol.